The van der Waals surface area contributed by atoms with Crippen molar-refractivity contribution in [2.45, 2.75) is 0 Å². The van der Waals surface area contributed by atoms with E-state index in [0.29, 0.717) is 16.6 Å². The number of carbonyl (C=O) groups is 1. The summed E-state index contributed by atoms with van der Waals surface area (Å²) in [7, 11) is 1.56. The van der Waals surface area contributed by atoms with Gasteiger partial charge in [-0.2, -0.15) is 5.26 Å². The molecule has 0 saturated heterocycles. The minimum absolute atomic E-state index is 0.0407. The minimum atomic E-state index is -0.494. The van der Waals surface area contributed by atoms with Crippen molar-refractivity contribution < 1.29 is 9.53 Å². The van der Waals surface area contributed by atoms with Gasteiger partial charge in [-0.15, -0.1) is 11.3 Å². The molecule has 0 unspecified atom stereocenters. The number of amides is 1. The van der Waals surface area contributed by atoms with E-state index in [1.54, 1.807) is 43.0 Å². The highest BCUT2D eigenvalue weighted by Gasteiger charge is 2.09. The summed E-state index contributed by atoms with van der Waals surface area (Å²) in [5, 5.41) is 16.9. The van der Waals surface area contributed by atoms with E-state index in [-0.39, 0.29) is 5.57 Å². The fourth-order valence-corrected chi connectivity index (χ4v) is 1.95. The van der Waals surface area contributed by atoms with Gasteiger partial charge in [-0.05, 0) is 24.3 Å². The average molecular weight is 300 g/mol. The van der Waals surface area contributed by atoms with E-state index >= 15 is 0 Å². The van der Waals surface area contributed by atoms with Crippen LogP contribution in [0.1, 0.15) is 0 Å². The number of aromatic nitrogens is 1. The molecule has 1 amide bonds. The second kappa shape index (κ2) is 7.07. The van der Waals surface area contributed by atoms with E-state index in [1.165, 1.54) is 17.5 Å². The van der Waals surface area contributed by atoms with Crippen LogP contribution in [0.5, 0.6) is 5.75 Å². The molecule has 0 spiro atoms. The number of nitrogens with zero attached hydrogens (tertiary/aromatic N) is 2. The first-order valence-electron chi connectivity index (χ1n) is 5.94. The molecule has 7 heteroatoms. The smallest absolute Gasteiger partial charge is 0.267 e. The van der Waals surface area contributed by atoms with Crippen LogP contribution in [0.2, 0.25) is 0 Å². The standard InChI is InChI=1S/C14H12N4O2S/c1-20-12-4-2-11(3-5-12)18-13(19)10(8-15)9-17-14-16-6-7-21-14/h2-7,9H,1H3,(H,16,17)(H,18,19)/b10-9-. The molecule has 106 valence electrons. The van der Waals surface area contributed by atoms with Crippen molar-refractivity contribution in [2.24, 2.45) is 0 Å². The lowest BCUT2D eigenvalue weighted by Crippen LogP contribution is -2.14. The molecule has 0 radical (unpaired) electrons. The molecular formula is C14H12N4O2S. The van der Waals surface area contributed by atoms with Crippen molar-refractivity contribution in [2.75, 3.05) is 17.7 Å². The van der Waals surface area contributed by atoms with Crippen LogP contribution in [0.15, 0.2) is 47.6 Å². The number of anilines is 2. The molecule has 1 aromatic carbocycles. The zero-order valence-electron chi connectivity index (χ0n) is 11.2. The molecule has 2 aromatic rings. The third-order valence-corrected chi connectivity index (χ3v) is 3.19. The van der Waals surface area contributed by atoms with Gasteiger partial charge in [-0.3, -0.25) is 4.79 Å². The minimum Gasteiger partial charge on any atom is -0.497 e. The van der Waals surface area contributed by atoms with E-state index in [4.69, 9.17) is 10.00 Å². The summed E-state index contributed by atoms with van der Waals surface area (Å²) in [6.45, 7) is 0. The van der Waals surface area contributed by atoms with Crippen molar-refractivity contribution in [3.05, 3.63) is 47.6 Å². The molecule has 21 heavy (non-hydrogen) atoms. The number of thiazole rings is 1. The van der Waals surface area contributed by atoms with Crippen molar-refractivity contribution in [1.82, 2.24) is 4.98 Å². The largest absolute Gasteiger partial charge is 0.497 e. The Labute approximate surface area is 125 Å². The Morgan fingerprint density at radius 1 is 1.43 bits per heavy atom. The third kappa shape index (κ3) is 4.06. The van der Waals surface area contributed by atoms with E-state index < -0.39 is 5.91 Å². The summed E-state index contributed by atoms with van der Waals surface area (Å²) in [4.78, 5) is 16.0. The number of nitriles is 1. The van der Waals surface area contributed by atoms with Gasteiger partial charge in [0, 0.05) is 23.5 Å². The Bertz CT molecular complexity index is 672. The number of methoxy groups -OCH3 is 1. The maximum absolute atomic E-state index is 12.0. The summed E-state index contributed by atoms with van der Waals surface area (Å²) in [5.74, 6) is 0.196. The van der Waals surface area contributed by atoms with E-state index in [9.17, 15) is 4.79 Å². The summed E-state index contributed by atoms with van der Waals surface area (Å²) in [5.41, 5.74) is 0.539. The summed E-state index contributed by atoms with van der Waals surface area (Å²) in [6.07, 6.45) is 2.96. The normalized spacial score (nSPS) is 10.6. The molecule has 2 N–H and O–H groups in total. The molecule has 1 aromatic heterocycles. The van der Waals surface area contributed by atoms with Crippen molar-refractivity contribution in [3.63, 3.8) is 0 Å². The fourth-order valence-electron chi connectivity index (χ4n) is 1.45. The molecule has 2 rings (SSSR count). The second-order valence-corrected chi connectivity index (χ2v) is 4.73. The summed E-state index contributed by atoms with van der Waals surface area (Å²) >= 11 is 1.37. The molecule has 0 bridgehead atoms. The quantitative estimate of drug-likeness (QED) is 0.654. The van der Waals surface area contributed by atoms with Gasteiger partial charge in [0.15, 0.2) is 5.13 Å². The first-order valence-corrected chi connectivity index (χ1v) is 6.82. The lowest BCUT2D eigenvalue weighted by Gasteiger charge is -2.05. The van der Waals surface area contributed by atoms with Crippen LogP contribution in [-0.2, 0) is 4.79 Å². The molecule has 0 aliphatic rings. The number of rotatable bonds is 5. The van der Waals surface area contributed by atoms with Gasteiger partial charge in [-0.25, -0.2) is 4.98 Å². The first kappa shape index (κ1) is 14.6. The Hall–Kier alpha value is -2.85. The summed E-state index contributed by atoms with van der Waals surface area (Å²) in [6, 6.07) is 8.68. The zero-order valence-corrected chi connectivity index (χ0v) is 12.0. The predicted octanol–water partition coefficient (Wildman–Crippen LogP) is 2.61. The van der Waals surface area contributed by atoms with Crippen LogP contribution in [0, 0.1) is 11.3 Å². The first-order chi connectivity index (χ1) is 10.2. The fraction of sp³-hybridized carbons (Fsp3) is 0.0714. The lowest BCUT2D eigenvalue weighted by molar-refractivity contribution is -0.112. The van der Waals surface area contributed by atoms with Gasteiger partial charge in [0.1, 0.15) is 17.4 Å². The Kier molecular flexibility index (Phi) is 4.90. The number of hydrogen-bond acceptors (Lipinski definition) is 6. The SMILES string of the molecule is COc1ccc(NC(=O)/C(C#N)=C\Nc2nccs2)cc1. The molecule has 0 saturated carbocycles. The maximum atomic E-state index is 12.0. The number of nitrogens with one attached hydrogen (secondary N) is 2. The molecule has 0 fully saturated rings. The van der Waals surface area contributed by atoms with Crippen LogP contribution in [0.3, 0.4) is 0 Å². The zero-order chi connectivity index (χ0) is 15.1. The van der Waals surface area contributed by atoms with Crippen molar-refractivity contribution in [3.8, 4) is 11.8 Å². The van der Waals surface area contributed by atoms with Gasteiger partial charge in [0.2, 0.25) is 0 Å². The molecule has 0 atom stereocenters. The van der Waals surface area contributed by atoms with Crippen LogP contribution in [0.25, 0.3) is 0 Å². The van der Waals surface area contributed by atoms with Crippen LogP contribution in [0.4, 0.5) is 10.8 Å². The average Bonchev–Trinajstić information content (AvgIpc) is 3.02. The maximum Gasteiger partial charge on any atom is 0.267 e. The van der Waals surface area contributed by atoms with Crippen LogP contribution >= 0.6 is 11.3 Å². The number of ether oxygens (including phenoxy) is 1. The van der Waals surface area contributed by atoms with Gasteiger partial charge < -0.3 is 15.4 Å². The van der Waals surface area contributed by atoms with Gasteiger partial charge in [0.25, 0.3) is 5.91 Å². The van der Waals surface area contributed by atoms with Crippen LogP contribution in [-0.4, -0.2) is 18.0 Å². The molecular weight excluding hydrogens is 288 g/mol. The Balaban J connectivity index is 2.02. The molecule has 6 nitrogen and oxygen atoms in total. The van der Waals surface area contributed by atoms with Gasteiger partial charge >= 0.3 is 0 Å². The van der Waals surface area contributed by atoms with Crippen molar-refractivity contribution >= 4 is 28.1 Å². The van der Waals surface area contributed by atoms with Gasteiger partial charge in [0.05, 0.1) is 7.11 Å². The second-order valence-electron chi connectivity index (χ2n) is 3.83. The van der Waals surface area contributed by atoms with E-state index in [2.05, 4.69) is 15.6 Å². The molecule has 0 aliphatic heterocycles. The highest BCUT2D eigenvalue weighted by Crippen LogP contribution is 2.16. The Morgan fingerprint density at radius 2 is 2.19 bits per heavy atom. The number of benzene rings is 1. The predicted molar refractivity (Wildman–Crippen MR) is 81.1 cm³/mol. The molecule has 0 aliphatic carbocycles. The Morgan fingerprint density at radius 3 is 2.76 bits per heavy atom. The van der Waals surface area contributed by atoms with Crippen LogP contribution < -0.4 is 15.4 Å². The number of carbonyl (C=O) groups excluding carboxylic acids is 1. The topological polar surface area (TPSA) is 87.0 Å². The monoisotopic (exact) mass is 300 g/mol. The van der Waals surface area contributed by atoms with E-state index in [0.717, 1.165) is 0 Å². The van der Waals surface area contributed by atoms with Crippen molar-refractivity contribution in [1.29, 1.82) is 5.26 Å². The van der Waals surface area contributed by atoms with Gasteiger partial charge in [-0.1, -0.05) is 0 Å². The summed E-state index contributed by atoms with van der Waals surface area (Å²) < 4.78 is 5.03. The third-order valence-electron chi connectivity index (χ3n) is 2.49. The lowest BCUT2D eigenvalue weighted by atomic mass is 10.2. The number of hydrogen-bond donors (Lipinski definition) is 2. The highest BCUT2D eigenvalue weighted by molar-refractivity contribution is 7.13. The molecule has 1 heterocycles. The highest BCUT2D eigenvalue weighted by atomic mass is 32.1. The van der Waals surface area contributed by atoms with E-state index in [1.807, 2.05) is 6.07 Å².